The summed E-state index contributed by atoms with van der Waals surface area (Å²) in [5.74, 6) is 1.91. The van der Waals surface area contributed by atoms with E-state index in [9.17, 15) is 0 Å². The van der Waals surface area contributed by atoms with Gasteiger partial charge in [0.1, 0.15) is 0 Å². The normalized spacial score (nSPS) is 11.3. The first kappa shape index (κ1) is 35.2. The van der Waals surface area contributed by atoms with Gasteiger partial charge in [-0.05, 0) is 89.0 Å². The van der Waals surface area contributed by atoms with Gasteiger partial charge in [0.25, 0.3) is 0 Å². The van der Waals surface area contributed by atoms with Crippen LogP contribution in [0.5, 0.6) is 0 Å². The number of hydrogen-bond acceptors (Lipinski definition) is 3. The van der Waals surface area contributed by atoms with E-state index in [0.29, 0.717) is 17.5 Å². The molecule has 0 radical (unpaired) electrons. The van der Waals surface area contributed by atoms with E-state index in [1.807, 2.05) is 24.3 Å². The molecule has 280 valence electrons. The monoisotopic (exact) mass is 763 g/mol. The molecule has 0 N–H and O–H groups in total. The zero-order valence-corrected chi connectivity index (χ0v) is 32.7. The van der Waals surface area contributed by atoms with Gasteiger partial charge in [0.2, 0.25) is 0 Å². The molecule has 1 aromatic heterocycles. The minimum absolute atomic E-state index is 0.633. The maximum absolute atomic E-state index is 5.23. The van der Waals surface area contributed by atoms with Crippen LogP contribution in [-0.2, 0) is 0 Å². The van der Waals surface area contributed by atoms with E-state index in [-0.39, 0.29) is 0 Å². The van der Waals surface area contributed by atoms with E-state index in [1.54, 1.807) is 0 Å². The Labute approximate surface area is 349 Å². The summed E-state index contributed by atoms with van der Waals surface area (Å²) in [5.41, 5.74) is 12.3. The summed E-state index contributed by atoms with van der Waals surface area (Å²) in [6.07, 6.45) is 0. The second-order valence-electron chi connectivity index (χ2n) is 15.1. The Balaban J connectivity index is 1.10. The van der Waals surface area contributed by atoms with Gasteiger partial charge < -0.3 is 0 Å². The predicted molar refractivity (Wildman–Crippen MR) is 250 cm³/mol. The van der Waals surface area contributed by atoms with Crippen molar-refractivity contribution in [2.24, 2.45) is 0 Å². The molecular formula is C57H37N3. The molecule has 1 heterocycles. The van der Waals surface area contributed by atoms with Crippen LogP contribution < -0.4 is 0 Å². The van der Waals surface area contributed by atoms with Gasteiger partial charge in [-0.1, -0.05) is 212 Å². The highest BCUT2D eigenvalue weighted by Crippen LogP contribution is 2.46. The summed E-state index contributed by atoms with van der Waals surface area (Å²) < 4.78 is 0. The minimum atomic E-state index is 0.633. The average molecular weight is 764 g/mol. The Morgan fingerprint density at radius 1 is 0.200 bits per heavy atom. The van der Waals surface area contributed by atoms with Crippen molar-refractivity contribution in [3.8, 4) is 78.7 Å². The van der Waals surface area contributed by atoms with Crippen LogP contribution >= 0.6 is 0 Å². The van der Waals surface area contributed by atoms with Gasteiger partial charge in [-0.25, -0.2) is 15.0 Å². The smallest absolute Gasteiger partial charge is 0.164 e. The molecule has 0 amide bonds. The summed E-state index contributed by atoms with van der Waals surface area (Å²) in [4.78, 5) is 15.5. The molecule has 0 aliphatic carbocycles. The van der Waals surface area contributed by atoms with Gasteiger partial charge in [-0.3, -0.25) is 0 Å². The molecule has 0 aliphatic heterocycles. The molecule has 3 heteroatoms. The summed E-state index contributed by atoms with van der Waals surface area (Å²) in [7, 11) is 0. The van der Waals surface area contributed by atoms with E-state index in [4.69, 9.17) is 15.0 Å². The van der Waals surface area contributed by atoms with Crippen LogP contribution in [0.3, 0.4) is 0 Å². The van der Waals surface area contributed by atoms with Crippen LogP contribution in [0.1, 0.15) is 0 Å². The molecule has 11 rings (SSSR count). The average Bonchev–Trinajstić information content (AvgIpc) is 3.34. The molecule has 0 spiro atoms. The van der Waals surface area contributed by atoms with E-state index >= 15 is 0 Å². The summed E-state index contributed by atoms with van der Waals surface area (Å²) in [6, 6.07) is 79.5. The number of nitrogens with zero attached hydrogens (tertiary/aromatic N) is 3. The fourth-order valence-electron chi connectivity index (χ4n) is 8.71. The second kappa shape index (κ2) is 15.1. The Kier molecular flexibility index (Phi) is 8.83. The number of hydrogen-bond donors (Lipinski definition) is 0. The van der Waals surface area contributed by atoms with Crippen LogP contribution in [0, 0.1) is 0 Å². The maximum atomic E-state index is 5.23. The van der Waals surface area contributed by atoms with E-state index < -0.39 is 0 Å². The van der Waals surface area contributed by atoms with Crippen molar-refractivity contribution in [1.29, 1.82) is 0 Å². The summed E-state index contributed by atoms with van der Waals surface area (Å²) in [5, 5.41) is 7.09. The van der Waals surface area contributed by atoms with Crippen LogP contribution in [0.2, 0.25) is 0 Å². The SMILES string of the molecule is c1ccc(-c2ccc(-c3c4ccccc4c(-c4ccc(-c5nc(-c6ccccc6)nc(-c6cccc(-c7ccccc7)c6)n5)c5ccccc45)c4ccccc34)cc2)cc1. The number of aromatic nitrogens is 3. The lowest BCUT2D eigenvalue weighted by molar-refractivity contribution is 1.08. The summed E-state index contributed by atoms with van der Waals surface area (Å²) in [6.45, 7) is 0. The first-order valence-corrected chi connectivity index (χ1v) is 20.4. The standard InChI is InChI=1S/C57H37N3/c1-4-17-38(18-5-1)40-31-33-41(34-32-40)53-47-27-12-14-29-49(47)54(50-30-15-13-28-48(50)53)51-35-36-52(46-26-11-10-25-45(46)51)57-59-55(42-21-8-3-9-22-42)58-56(60-57)44-24-16-23-43(37-44)39-19-6-2-7-20-39/h1-37H. The Morgan fingerprint density at radius 3 is 1.15 bits per heavy atom. The van der Waals surface area contributed by atoms with Crippen LogP contribution in [0.4, 0.5) is 0 Å². The van der Waals surface area contributed by atoms with Crippen molar-refractivity contribution in [2.45, 2.75) is 0 Å². The van der Waals surface area contributed by atoms with Crippen molar-refractivity contribution in [3.63, 3.8) is 0 Å². The van der Waals surface area contributed by atoms with E-state index in [2.05, 4.69) is 200 Å². The van der Waals surface area contributed by atoms with Crippen LogP contribution in [0.25, 0.3) is 111 Å². The molecule has 0 atom stereocenters. The highest BCUT2D eigenvalue weighted by Gasteiger charge is 2.21. The minimum Gasteiger partial charge on any atom is -0.208 e. The molecular weight excluding hydrogens is 727 g/mol. The highest BCUT2D eigenvalue weighted by atomic mass is 15.0. The number of benzene rings is 10. The van der Waals surface area contributed by atoms with Crippen molar-refractivity contribution in [1.82, 2.24) is 15.0 Å². The van der Waals surface area contributed by atoms with E-state index in [1.165, 1.54) is 54.9 Å². The molecule has 0 unspecified atom stereocenters. The maximum Gasteiger partial charge on any atom is 0.164 e. The zero-order chi connectivity index (χ0) is 39.8. The van der Waals surface area contributed by atoms with Crippen molar-refractivity contribution in [3.05, 3.63) is 224 Å². The van der Waals surface area contributed by atoms with Gasteiger partial charge in [0, 0.05) is 16.7 Å². The van der Waals surface area contributed by atoms with Gasteiger partial charge in [0.05, 0.1) is 0 Å². The third kappa shape index (κ3) is 6.30. The lowest BCUT2D eigenvalue weighted by Crippen LogP contribution is -2.01. The topological polar surface area (TPSA) is 38.7 Å². The first-order valence-electron chi connectivity index (χ1n) is 20.4. The molecule has 11 aromatic rings. The third-order valence-corrected chi connectivity index (χ3v) is 11.5. The molecule has 10 aromatic carbocycles. The van der Waals surface area contributed by atoms with Gasteiger partial charge >= 0.3 is 0 Å². The Morgan fingerprint density at radius 2 is 0.567 bits per heavy atom. The lowest BCUT2D eigenvalue weighted by atomic mass is 9.84. The largest absolute Gasteiger partial charge is 0.208 e. The molecule has 0 saturated carbocycles. The molecule has 3 nitrogen and oxygen atoms in total. The van der Waals surface area contributed by atoms with Crippen molar-refractivity contribution in [2.75, 3.05) is 0 Å². The van der Waals surface area contributed by atoms with Crippen molar-refractivity contribution >= 4 is 32.3 Å². The number of rotatable bonds is 7. The van der Waals surface area contributed by atoms with Gasteiger partial charge in [0.15, 0.2) is 17.5 Å². The Bertz CT molecular complexity index is 3280. The van der Waals surface area contributed by atoms with Crippen molar-refractivity contribution < 1.29 is 0 Å². The summed E-state index contributed by atoms with van der Waals surface area (Å²) >= 11 is 0. The number of fused-ring (bicyclic) bond motifs is 3. The lowest BCUT2D eigenvalue weighted by Gasteiger charge is -2.19. The van der Waals surface area contributed by atoms with Crippen LogP contribution in [0.15, 0.2) is 224 Å². The quantitative estimate of drug-likeness (QED) is 0.152. The van der Waals surface area contributed by atoms with Crippen LogP contribution in [-0.4, -0.2) is 15.0 Å². The molecule has 60 heavy (non-hydrogen) atoms. The highest BCUT2D eigenvalue weighted by molar-refractivity contribution is 6.24. The first-order chi connectivity index (χ1) is 29.8. The molecule has 0 aliphatic rings. The molecule has 0 bridgehead atoms. The van der Waals surface area contributed by atoms with Gasteiger partial charge in [-0.15, -0.1) is 0 Å². The molecule has 0 saturated heterocycles. The fraction of sp³-hybridized carbons (Fsp3) is 0. The zero-order valence-electron chi connectivity index (χ0n) is 32.7. The van der Waals surface area contributed by atoms with Gasteiger partial charge in [-0.2, -0.15) is 0 Å². The van der Waals surface area contributed by atoms with E-state index in [0.717, 1.165) is 38.6 Å². The predicted octanol–water partition coefficient (Wildman–Crippen LogP) is 15.0. The third-order valence-electron chi connectivity index (χ3n) is 11.5. The Hall–Kier alpha value is -8.01. The fourth-order valence-corrected chi connectivity index (χ4v) is 8.71. The molecule has 0 fully saturated rings. The second-order valence-corrected chi connectivity index (χ2v) is 15.1.